The zero-order valence-corrected chi connectivity index (χ0v) is 18.5. The lowest BCUT2D eigenvalue weighted by Crippen LogP contribution is -2.20. The molecule has 0 aliphatic heterocycles. The first-order chi connectivity index (χ1) is 15.2. The van der Waals surface area contributed by atoms with Crippen LogP contribution in [0.4, 0.5) is 0 Å². The Bertz CT molecular complexity index is 1070. The molecular formula is C24H26O8. The SMILES string of the molecule is CCC(=O)Oc1c(O)c(O)c(C(=O)CC)c(C(=O)OCc2ccccc2C)c1C(=O)CC. The maximum Gasteiger partial charge on any atom is 0.340 e. The molecule has 2 rings (SSSR count). The average molecular weight is 442 g/mol. The Morgan fingerprint density at radius 2 is 1.41 bits per heavy atom. The van der Waals surface area contributed by atoms with Crippen molar-refractivity contribution in [3.63, 3.8) is 0 Å². The molecule has 0 aliphatic rings. The fourth-order valence-electron chi connectivity index (χ4n) is 3.07. The second-order valence-electron chi connectivity index (χ2n) is 7.04. The summed E-state index contributed by atoms with van der Waals surface area (Å²) in [5, 5.41) is 21.0. The van der Waals surface area contributed by atoms with Crippen molar-refractivity contribution in [2.24, 2.45) is 0 Å². The lowest BCUT2D eigenvalue weighted by atomic mass is 9.91. The van der Waals surface area contributed by atoms with Gasteiger partial charge < -0.3 is 19.7 Å². The van der Waals surface area contributed by atoms with E-state index in [2.05, 4.69) is 0 Å². The third-order valence-electron chi connectivity index (χ3n) is 4.93. The van der Waals surface area contributed by atoms with Gasteiger partial charge in [-0.25, -0.2) is 4.79 Å². The molecule has 0 unspecified atom stereocenters. The first-order valence-electron chi connectivity index (χ1n) is 10.3. The van der Waals surface area contributed by atoms with Crippen LogP contribution >= 0.6 is 0 Å². The van der Waals surface area contributed by atoms with E-state index in [4.69, 9.17) is 9.47 Å². The van der Waals surface area contributed by atoms with Crippen LogP contribution in [0.25, 0.3) is 0 Å². The third kappa shape index (κ3) is 4.96. The second-order valence-corrected chi connectivity index (χ2v) is 7.04. The Morgan fingerprint density at radius 3 is 1.97 bits per heavy atom. The highest BCUT2D eigenvalue weighted by Gasteiger charge is 2.35. The van der Waals surface area contributed by atoms with Gasteiger partial charge in [0.05, 0.1) is 16.7 Å². The van der Waals surface area contributed by atoms with E-state index in [0.29, 0.717) is 5.56 Å². The Balaban J connectivity index is 2.74. The average Bonchev–Trinajstić information content (AvgIpc) is 2.79. The number of benzene rings is 2. The summed E-state index contributed by atoms with van der Waals surface area (Å²) < 4.78 is 10.5. The number of hydrogen-bond donors (Lipinski definition) is 2. The molecule has 0 fully saturated rings. The van der Waals surface area contributed by atoms with E-state index in [1.54, 1.807) is 12.1 Å². The normalized spacial score (nSPS) is 10.5. The summed E-state index contributed by atoms with van der Waals surface area (Å²) in [7, 11) is 0. The van der Waals surface area contributed by atoms with Gasteiger partial charge in [-0.15, -0.1) is 0 Å². The summed E-state index contributed by atoms with van der Waals surface area (Å²) in [5.41, 5.74) is 0.00454. The van der Waals surface area contributed by atoms with Gasteiger partial charge in [0.25, 0.3) is 0 Å². The third-order valence-corrected chi connectivity index (χ3v) is 4.93. The van der Waals surface area contributed by atoms with Gasteiger partial charge in [-0.3, -0.25) is 14.4 Å². The Kier molecular flexibility index (Phi) is 8.12. The lowest BCUT2D eigenvalue weighted by molar-refractivity contribution is -0.134. The molecule has 8 heteroatoms. The number of ether oxygens (including phenoxy) is 2. The van der Waals surface area contributed by atoms with Crippen LogP contribution in [0.3, 0.4) is 0 Å². The van der Waals surface area contributed by atoms with Gasteiger partial charge in [0, 0.05) is 19.3 Å². The van der Waals surface area contributed by atoms with Crippen LogP contribution in [-0.4, -0.2) is 33.7 Å². The maximum absolute atomic E-state index is 13.1. The fraction of sp³-hybridized carbons (Fsp3) is 0.333. The summed E-state index contributed by atoms with van der Waals surface area (Å²) >= 11 is 0. The van der Waals surface area contributed by atoms with Crippen molar-refractivity contribution in [2.45, 2.75) is 53.6 Å². The molecule has 0 heterocycles. The number of rotatable bonds is 9. The van der Waals surface area contributed by atoms with Crippen LogP contribution in [0.1, 0.15) is 82.2 Å². The summed E-state index contributed by atoms with van der Waals surface area (Å²) in [6, 6.07) is 7.17. The highest BCUT2D eigenvalue weighted by Crippen LogP contribution is 2.45. The molecule has 170 valence electrons. The van der Waals surface area contributed by atoms with Crippen molar-refractivity contribution in [2.75, 3.05) is 0 Å². The monoisotopic (exact) mass is 442 g/mol. The zero-order valence-electron chi connectivity index (χ0n) is 18.5. The number of phenolic OH excluding ortho intramolecular Hbond substituents is 2. The van der Waals surface area contributed by atoms with Crippen LogP contribution in [-0.2, 0) is 16.1 Å². The van der Waals surface area contributed by atoms with Crippen molar-refractivity contribution in [1.29, 1.82) is 0 Å². The van der Waals surface area contributed by atoms with Crippen LogP contribution in [0.5, 0.6) is 17.2 Å². The fourth-order valence-corrected chi connectivity index (χ4v) is 3.07. The van der Waals surface area contributed by atoms with Crippen LogP contribution < -0.4 is 4.74 Å². The number of hydrogen-bond acceptors (Lipinski definition) is 8. The van der Waals surface area contributed by atoms with Gasteiger partial charge in [0.2, 0.25) is 5.75 Å². The zero-order chi connectivity index (χ0) is 24.0. The van der Waals surface area contributed by atoms with E-state index in [1.807, 2.05) is 19.1 Å². The van der Waals surface area contributed by atoms with Crippen LogP contribution in [0.15, 0.2) is 24.3 Å². The van der Waals surface area contributed by atoms with Gasteiger partial charge in [-0.1, -0.05) is 45.0 Å². The minimum absolute atomic E-state index is 0.0946. The van der Waals surface area contributed by atoms with Crippen molar-refractivity contribution in [3.8, 4) is 17.2 Å². The Morgan fingerprint density at radius 1 is 0.812 bits per heavy atom. The minimum atomic E-state index is -1.06. The molecule has 0 saturated heterocycles. The quantitative estimate of drug-likeness (QED) is 0.255. The molecule has 0 spiro atoms. The molecule has 32 heavy (non-hydrogen) atoms. The number of aromatic hydroxyl groups is 2. The van der Waals surface area contributed by atoms with Crippen molar-refractivity contribution in [3.05, 3.63) is 52.1 Å². The molecule has 8 nitrogen and oxygen atoms in total. The van der Waals surface area contributed by atoms with E-state index >= 15 is 0 Å². The molecule has 0 bridgehead atoms. The molecule has 0 aromatic heterocycles. The molecular weight excluding hydrogens is 416 g/mol. The van der Waals surface area contributed by atoms with Gasteiger partial charge >= 0.3 is 11.9 Å². The summed E-state index contributed by atoms with van der Waals surface area (Å²) in [6.45, 7) is 6.16. The Hall–Kier alpha value is -3.68. The largest absolute Gasteiger partial charge is 0.504 e. The smallest absolute Gasteiger partial charge is 0.340 e. The predicted octanol–water partition coefficient (Wildman–Crippen LogP) is 4.26. The minimum Gasteiger partial charge on any atom is -0.504 e. The van der Waals surface area contributed by atoms with E-state index in [1.165, 1.54) is 20.8 Å². The van der Waals surface area contributed by atoms with Crippen molar-refractivity contribution in [1.82, 2.24) is 0 Å². The second kappa shape index (κ2) is 10.6. The van der Waals surface area contributed by atoms with Crippen molar-refractivity contribution >= 4 is 23.5 Å². The van der Waals surface area contributed by atoms with Gasteiger partial charge in [0.15, 0.2) is 23.1 Å². The van der Waals surface area contributed by atoms with Crippen LogP contribution in [0, 0.1) is 6.92 Å². The van der Waals surface area contributed by atoms with Crippen LogP contribution in [0.2, 0.25) is 0 Å². The molecule has 0 amide bonds. The Labute approximate surface area is 185 Å². The molecule has 0 saturated carbocycles. The van der Waals surface area contributed by atoms with E-state index in [-0.39, 0.29) is 25.9 Å². The first kappa shape index (κ1) is 24.6. The number of phenols is 2. The highest BCUT2D eigenvalue weighted by atomic mass is 16.5. The number of carbonyl (C=O) groups excluding carboxylic acids is 4. The molecule has 0 atom stereocenters. The standard InChI is InChI=1S/C24H26O8/c1-5-15(25)18-20(24(30)31-12-14-11-9-8-10-13(14)4)19(16(26)6-2)23(22(29)21(18)28)32-17(27)7-3/h8-11,28-29H,5-7,12H2,1-4H3. The van der Waals surface area contributed by atoms with Gasteiger partial charge in [-0.2, -0.15) is 0 Å². The number of carbonyl (C=O) groups is 4. The molecule has 2 aromatic rings. The number of Topliss-reactive ketones (excluding diaryl/α,β-unsaturated/α-hetero) is 2. The lowest BCUT2D eigenvalue weighted by Gasteiger charge is -2.19. The van der Waals surface area contributed by atoms with E-state index < -0.39 is 57.4 Å². The number of ketones is 2. The van der Waals surface area contributed by atoms with E-state index in [9.17, 15) is 29.4 Å². The molecule has 2 aromatic carbocycles. The van der Waals surface area contributed by atoms with E-state index in [0.717, 1.165) is 5.56 Å². The van der Waals surface area contributed by atoms with Gasteiger partial charge in [-0.05, 0) is 18.1 Å². The maximum atomic E-state index is 13.1. The number of aryl methyl sites for hydroxylation is 1. The number of esters is 2. The summed E-state index contributed by atoms with van der Waals surface area (Å²) in [5.74, 6) is -5.82. The first-order valence-corrected chi connectivity index (χ1v) is 10.3. The van der Waals surface area contributed by atoms with Crippen molar-refractivity contribution < 1.29 is 38.9 Å². The predicted molar refractivity (Wildman–Crippen MR) is 115 cm³/mol. The molecule has 0 radical (unpaired) electrons. The summed E-state index contributed by atoms with van der Waals surface area (Å²) in [4.78, 5) is 50.4. The topological polar surface area (TPSA) is 127 Å². The summed E-state index contributed by atoms with van der Waals surface area (Å²) in [6.07, 6.45) is -0.347. The molecule has 0 aliphatic carbocycles. The highest BCUT2D eigenvalue weighted by molar-refractivity contribution is 6.17. The van der Waals surface area contributed by atoms with Gasteiger partial charge in [0.1, 0.15) is 6.61 Å². The molecule has 2 N–H and O–H groups in total.